The highest BCUT2D eigenvalue weighted by molar-refractivity contribution is 5.85. The van der Waals surface area contributed by atoms with Crippen LogP contribution >= 0.6 is 0 Å². The van der Waals surface area contributed by atoms with E-state index in [0.29, 0.717) is 0 Å². The number of benzene rings is 2. The molecule has 29 heavy (non-hydrogen) atoms. The summed E-state index contributed by atoms with van der Waals surface area (Å²) < 4.78 is 0. The van der Waals surface area contributed by atoms with Gasteiger partial charge in [-0.15, -0.1) is 0 Å². The Morgan fingerprint density at radius 1 is 0.966 bits per heavy atom. The monoisotopic (exact) mass is 379 g/mol. The summed E-state index contributed by atoms with van der Waals surface area (Å²) in [5.41, 5.74) is 10.3. The van der Waals surface area contributed by atoms with Gasteiger partial charge < -0.3 is 4.98 Å². The Balaban J connectivity index is 1.31. The largest absolute Gasteiger partial charge is 0.358 e. The number of fused-ring (bicyclic) bond motifs is 2. The van der Waals surface area contributed by atoms with Crippen LogP contribution < -0.4 is 0 Å². The topological polar surface area (TPSA) is 41.6 Å². The highest BCUT2D eigenvalue weighted by Gasteiger charge is 2.08. The molecule has 2 aromatic heterocycles. The molecular formula is C26H25N3. The summed E-state index contributed by atoms with van der Waals surface area (Å²) in [6.07, 6.45) is 10.1. The number of aryl methyl sites for hydroxylation is 4. The van der Waals surface area contributed by atoms with E-state index in [9.17, 15) is 0 Å². The molecule has 0 radical (unpaired) electrons. The average molecular weight is 380 g/mol. The molecule has 0 spiro atoms. The summed E-state index contributed by atoms with van der Waals surface area (Å²) in [6, 6.07) is 15.5. The van der Waals surface area contributed by atoms with Crippen LogP contribution in [0.3, 0.4) is 0 Å². The van der Waals surface area contributed by atoms with Gasteiger partial charge >= 0.3 is 0 Å². The van der Waals surface area contributed by atoms with Gasteiger partial charge in [-0.05, 0) is 72.7 Å². The third-order valence-corrected chi connectivity index (χ3v) is 6.00. The van der Waals surface area contributed by atoms with E-state index in [0.717, 1.165) is 37.2 Å². The Morgan fingerprint density at radius 2 is 1.86 bits per heavy atom. The molecule has 5 rings (SSSR count). The second kappa shape index (κ2) is 7.32. The smallest absolute Gasteiger partial charge is 0.128 e. The summed E-state index contributed by atoms with van der Waals surface area (Å²) in [5, 5.41) is 1.31. The number of hydrogen-bond acceptors (Lipinski definition) is 2. The van der Waals surface area contributed by atoms with E-state index in [1.807, 2.05) is 12.3 Å². The lowest BCUT2D eigenvalue weighted by Crippen LogP contribution is -2.02. The molecule has 0 fully saturated rings. The van der Waals surface area contributed by atoms with Gasteiger partial charge in [0, 0.05) is 41.3 Å². The first-order chi connectivity index (χ1) is 14.2. The first-order valence-corrected chi connectivity index (χ1v) is 10.3. The second-order valence-corrected chi connectivity index (χ2v) is 8.04. The number of hydrogen-bond donors (Lipinski definition) is 1. The number of allylic oxidation sites excluding steroid dienone is 1. The van der Waals surface area contributed by atoms with Crippen LogP contribution in [0.5, 0.6) is 0 Å². The minimum Gasteiger partial charge on any atom is -0.358 e. The maximum absolute atomic E-state index is 4.83. The molecule has 0 saturated carbocycles. The van der Waals surface area contributed by atoms with E-state index >= 15 is 0 Å². The predicted molar refractivity (Wildman–Crippen MR) is 119 cm³/mol. The first kappa shape index (κ1) is 17.9. The van der Waals surface area contributed by atoms with E-state index in [1.165, 1.54) is 44.4 Å². The molecule has 0 unspecified atom stereocenters. The van der Waals surface area contributed by atoms with Gasteiger partial charge in [-0.1, -0.05) is 36.4 Å². The Morgan fingerprint density at radius 3 is 2.79 bits per heavy atom. The van der Waals surface area contributed by atoms with E-state index in [2.05, 4.69) is 72.4 Å². The molecule has 0 atom stereocenters. The van der Waals surface area contributed by atoms with Gasteiger partial charge in [0.1, 0.15) is 5.82 Å². The molecular weight excluding hydrogens is 354 g/mol. The molecule has 1 aliphatic rings. The lowest BCUT2D eigenvalue weighted by atomic mass is 10.0. The Bertz CT molecular complexity index is 1230. The molecule has 4 aromatic rings. The fraction of sp³-hybridized carbons (Fsp3) is 0.231. The minimum atomic E-state index is 0.832. The zero-order chi connectivity index (χ0) is 19.8. The Kier molecular flexibility index (Phi) is 4.51. The Labute approximate surface area is 171 Å². The highest BCUT2D eigenvalue weighted by atomic mass is 14.9. The van der Waals surface area contributed by atoms with E-state index in [4.69, 9.17) is 4.98 Å². The van der Waals surface area contributed by atoms with E-state index in [-0.39, 0.29) is 0 Å². The van der Waals surface area contributed by atoms with Gasteiger partial charge in [-0.2, -0.15) is 0 Å². The van der Waals surface area contributed by atoms with Gasteiger partial charge in [0.05, 0.1) is 0 Å². The average Bonchev–Trinajstić information content (AvgIpc) is 3.31. The second-order valence-electron chi connectivity index (χ2n) is 8.04. The normalized spacial score (nSPS) is 12.6. The van der Waals surface area contributed by atoms with Crippen molar-refractivity contribution in [2.24, 2.45) is 0 Å². The quantitative estimate of drug-likeness (QED) is 0.496. The van der Waals surface area contributed by atoms with Crippen molar-refractivity contribution in [1.29, 1.82) is 0 Å². The van der Waals surface area contributed by atoms with Crippen molar-refractivity contribution in [2.45, 2.75) is 39.5 Å². The van der Waals surface area contributed by atoms with Crippen LogP contribution in [0.25, 0.3) is 17.0 Å². The Hall–Kier alpha value is -3.20. The van der Waals surface area contributed by atoms with Gasteiger partial charge in [-0.25, -0.2) is 9.97 Å². The SMILES string of the molecule is Cc1[nH]c2ccc(Cc3ccnc(CCc4ccc5c(c4)C=CC5)n3)cc2c1C. The van der Waals surface area contributed by atoms with Crippen LogP contribution in [0.15, 0.2) is 54.7 Å². The molecule has 0 saturated heterocycles. The molecule has 0 bridgehead atoms. The molecule has 0 aliphatic heterocycles. The van der Waals surface area contributed by atoms with E-state index in [1.54, 1.807) is 0 Å². The van der Waals surface area contributed by atoms with Gasteiger partial charge in [0.15, 0.2) is 0 Å². The maximum atomic E-state index is 4.83. The zero-order valence-corrected chi connectivity index (χ0v) is 17.0. The maximum Gasteiger partial charge on any atom is 0.128 e. The molecule has 3 nitrogen and oxygen atoms in total. The summed E-state index contributed by atoms with van der Waals surface area (Å²) >= 11 is 0. The van der Waals surface area contributed by atoms with Crippen LogP contribution in [-0.2, 0) is 25.7 Å². The lowest BCUT2D eigenvalue weighted by Gasteiger charge is -2.07. The van der Waals surface area contributed by atoms with Crippen LogP contribution in [0.1, 0.15) is 45.0 Å². The van der Waals surface area contributed by atoms with Crippen LogP contribution in [-0.4, -0.2) is 15.0 Å². The van der Waals surface area contributed by atoms with Crippen molar-refractivity contribution in [1.82, 2.24) is 15.0 Å². The van der Waals surface area contributed by atoms with Crippen molar-refractivity contribution in [2.75, 3.05) is 0 Å². The predicted octanol–water partition coefficient (Wildman–Crippen LogP) is 5.52. The molecule has 0 amide bonds. The fourth-order valence-electron chi connectivity index (χ4n) is 4.20. The standard InChI is InChI=1S/C26H25N3/c1-17-18(2)28-25-10-7-20(16-24(17)25)15-23-12-13-27-26(29-23)11-8-19-6-9-21-4-3-5-22(21)14-19/h3,5-7,9-10,12-14,16,28H,4,8,11,15H2,1-2H3. The summed E-state index contributed by atoms with van der Waals surface area (Å²) in [5.74, 6) is 0.924. The molecule has 2 heterocycles. The van der Waals surface area contributed by atoms with Crippen molar-refractivity contribution in [3.05, 3.63) is 99.8 Å². The van der Waals surface area contributed by atoms with Crippen molar-refractivity contribution >= 4 is 17.0 Å². The fourth-order valence-corrected chi connectivity index (χ4v) is 4.20. The number of aromatic amines is 1. The number of rotatable bonds is 5. The number of nitrogens with one attached hydrogen (secondary N) is 1. The third kappa shape index (κ3) is 3.61. The zero-order valence-electron chi connectivity index (χ0n) is 17.0. The van der Waals surface area contributed by atoms with Crippen LogP contribution in [0.4, 0.5) is 0 Å². The highest BCUT2D eigenvalue weighted by Crippen LogP contribution is 2.24. The van der Waals surface area contributed by atoms with Crippen LogP contribution in [0.2, 0.25) is 0 Å². The van der Waals surface area contributed by atoms with Crippen LogP contribution in [0, 0.1) is 13.8 Å². The molecule has 1 aliphatic carbocycles. The summed E-state index contributed by atoms with van der Waals surface area (Å²) in [4.78, 5) is 12.8. The van der Waals surface area contributed by atoms with Gasteiger partial charge in [-0.3, -0.25) is 0 Å². The summed E-state index contributed by atoms with van der Waals surface area (Å²) in [7, 11) is 0. The molecule has 3 heteroatoms. The number of H-pyrrole nitrogens is 1. The van der Waals surface area contributed by atoms with Crippen molar-refractivity contribution < 1.29 is 0 Å². The number of nitrogens with zero attached hydrogens (tertiary/aromatic N) is 2. The van der Waals surface area contributed by atoms with Crippen molar-refractivity contribution in [3.63, 3.8) is 0 Å². The minimum absolute atomic E-state index is 0.832. The first-order valence-electron chi connectivity index (χ1n) is 10.3. The number of aromatic nitrogens is 3. The molecule has 2 aromatic carbocycles. The molecule has 1 N–H and O–H groups in total. The van der Waals surface area contributed by atoms with Gasteiger partial charge in [0.25, 0.3) is 0 Å². The third-order valence-electron chi connectivity index (χ3n) is 6.00. The van der Waals surface area contributed by atoms with Gasteiger partial charge in [0.2, 0.25) is 0 Å². The van der Waals surface area contributed by atoms with Crippen molar-refractivity contribution in [3.8, 4) is 0 Å². The molecule has 144 valence electrons. The van der Waals surface area contributed by atoms with E-state index < -0.39 is 0 Å². The lowest BCUT2D eigenvalue weighted by molar-refractivity contribution is 0.836. The summed E-state index contributed by atoms with van der Waals surface area (Å²) in [6.45, 7) is 4.30.